The summed E-state index contributed by atoms with van der Waals surface area (Å²) in [6.45, 7) is 0.502. The molecule has 3 aromatic rings. The Morgan fingerprint density at radius 3 is 2.80 bits per heavy atom. The summed E-state index contributed by atoms with van der Waals surface area (Å²) in [5.41, 5.74) is 2.05. The van der Waals surface area contributed by atoms with Crippen LogP contribution >= 0.6 is 0 Å². The molecule has 1 aliphatic heterocycles. The zero-order valence-corrected chi connectivity index (χ0v) is 16.5. The maximum atomic E-state index is 12.4. The highest BCUT2D eigenvalue weighted by Crippen LogP contribution is 2.23. The Kier molecular flexibility index (Phi) is 6.41. The summed E-state index contributed by atoms with van der Waals surface area (Å²) in [7, 11) is 0. The van der Waals surface area contributed by atoms with Gasteiger partial charge in [0, 0.05) is 30.7 Å². The van der Waals surface area contributed by atoms with Crippen molar-refractivity contribution < 1.29 is 14.6 Å². The summed E-state index contributed by atoms with van der Waals surface area (Å²) in [6.07, 6.45) is 8.57. The zero-order valence-electron chi connectivity index (χ0n) is 16.5. The van der Waals surface area contributed by atoms with Gasteiger partial charge in [-0.05, 0) is 43.5 Å². The number of nitrogens with zero attached hydrogens (tertiary/aromatic N) is 5. The first-order chi connectivity index (χ1) is 14.7. The molecule has 1 amide bonds. The predicted octanol–water partition coefficient (Wildman–Crippen LogP) is 1.46. The average Bonchev–Trinajstić information content (AvgIpc) is 3.28. The second-order valence-electron chi connectivity index (χ2n) is 7.24. The maximum absolute atomic E-state index is 12.4. The fourth-order valence-corrected chi connectivity index (χ4v) is 3.58. The lowest BCUT2D eigenvalue weighted by Gasteiger charge is -2.36. The Labute approximate surface area is 174 Å². The van der Waals surface area contributed by atoms with Crippen LogP contribution in [0.25, 0.3) is 11.4 Å². The highest BCUT2D eigenvalue weighted by atomic mass is 16.5. The molecule has 30 heavy (non-hydrogen) atoms. The van der Waals surface area contributed by atoms with E-state index in [9.17, 15) is 9.90 Å². The normalized spacial score (nSPS) is 21.3. The molecule has 3 atom stereocenters. The molecule has 156 valence electrons. The molecule has 4 heterocycles. The number of rotatable bonds is 7. The summed E-state index contributed by atoms with van der Waals surface area (Å²) in [5.74, 6) is -0.187. The smallest absolute Gasteiger partial charge is 0.251 e. The van der Waals surface area contributed by atoms with Crippen molar-refractivity contribution in [2.24, 2.45) is 0 Å². The number of aliphatic hydroxyl groups excluding tert-OH is 1. The van der Waals surface area contributed by atoms with Crippen LogP contribution in [0.5, 0.6) is 0 Å². The molecule has 1 fully saturated rings. The number of ether oxygens (including phenoxy) is 1. The number of aliphatic hydroxyl groups is 1. The second kappa shape index (κ2) is 9.55. The summed E-state index contributed by atoms with van der Waals surface area (Å²) in [4.78, 5) is 20.6. The van der Waals surface area contributed by atoms with Gasteiger partial charge in [0.25, 0.3) is 5.91 Å². The van der Waals surface area contributed by atoms with E-state index in [-0.39, 0.29) is 24.7 Å². The third kappa shape index (κ3) is 4.87. The summed E-state index contributed by atoms with van der Waals surface area (Å²) in [6, 6.07) is 8.76. The van der Waals surface area contributed by atoms with Gasteiger partial charge in [0.15, 0.2) is 0 Å². The molecule has 9 heteroatoms. The van der Waals surface area contributed by atoms with Gasteiger partial charge in [-0.25, -0.2) is 0 Å². The average molecular weight is 408 g/mol. The number of hydrogen-bond donors (Lipinski definition) is 2. The third-order valence-electron chi connectivity index (χ3n) is 5.20. The van der Waals surface area contributed by atoms with Crippen LogP contribution in [0.15, 0.2) is 55.1 Å². The fraction of sp³-hybridized carbons (Fsp3) is 0.381. The molecular formula is C21H24N6O3. The number of aryl methyl sites for hydroxylation is 1. The molecule has 0 radical (unpaired) electrons. The molecular weight excluding hydrogens is 384 g/mol. The van der Waals surface area contributed by atoms with Crippen molar-refractivity contribution in [3.05, 3.63) is 60.7 Å². The lowest BCUT2D eigenvalue weighted by atomic mass is 9.97. The topological polar surface area (TPSA) is 115 Å². The first-order valence-corrected chi connectivity index (χ1v) is 10.0. The summed E-state index contributed by atoms with van der Waals surface area (Å²) in [5, 5.41) is 21.1. The van der Waals surface area contributed by atoms with Crippen molar-refractivity contribution in [2.45, 2.75) is 44.1 Å². The van der Waals surface area contributed by atoms with Crippen molar-refractivity contribution in [1.29, 1.82) is 0 Å². The van der Waals surface area contributed by atoms with E-state index in [1.807, 2.05) is 24.4 Å². The van der Waals surface area contributed by atoms with E-state index < -0.39 is 6.10 Å². The van der Waals surface area contributed by atoms with Gasteiger partial charge in [-0.1, -0.05) is 11.3 Å². The van der Waals surface area contributed by atoms with E-state index in [0.717, 1.165) is 30.7 Å². The second-order valence-corrected chi connectivity index (χ2v) is 7.24. The van der Waals surface area contributed by atoms with Crippen molar-refractivity contribution in [1.82, 2.24) is 30.3 Å². The lowest BCUT2D eigenvalue weighted by molar-refractivity contribution is -0.0912. The fourth-order valence-electron chi connectivity index (χ4n) is 3.58. The monoisotopic (exact) mass is 408 g/mol. The molecule has 9 nitrogen and oxygen atoms in total. The summed E-state index contributed by atoms with van der Waals surface area (Å²) >= 11 is 0. The van der Waals surface area contributed by atoms with Crippen LogP contribution in [-0.4, -0.2) is 60.8 Å². The Morgan fingerprint density at radius 2 is 2.03 bits per heavy atom. The van der Waals surface area contributed by atoms with Crippen LogP contribution in [0.3, 0.4) is 0 Å². The van der Waals surface area contributed by atoms with Gasteiger partial charge in [-0.3, -0.25) is 19.4 Å². The molecule has 0 saturated carbocycles. The molecule has 1 aliphatic rings. The number of pyridine rings is 2. The molecule has 0 aliphatic carbocycles. The van der Waals surface area contributed by atoms with E-state index in [1.54, 1.807) is 35.4 Å². The standard InChI is InChI=1S/C21H24N6O3/c28-14-20-18(24-21(29)15-6-10-22-11-7-15)5-4-16(30-20)8-12-27-13-19(25-26-27)17-3-1-2-9-23-17/h1-3,6-7,9-11,13,16,18,20,28H,4-5,8,12,14H2,(H,24,29)/t16-,18+,20-/m1/s1. The Bertz CT molecular complexity index is 950. The van der Waals surface area contributed by atoms with Gasteiger partial charge in [-0.15, -0.1) is 5.10 Å². The predicted molar refractivity (Wildman–Crippen MR) is 108 cm³/mol. The number of amides is 1. The van der Waals surface area contributed by atoms with Crippen LogP contribution in [0, 0.1) is 0 Å². The molecule has 0 aromatic carbocycles. The van der Waals surface area contributed by atoms with Crippen LogP contribution in [0.4, 0.5) is 0 Å². The first kappa shape index (κ1) is 20.1. The third-order valence-corrected chi connectivity index (χ3v) is 5.20. The zero-order chi connectivity index (χ0) is 20.8. The number of hydrogen-bond acceptors (Lipinski definition) is 7. The van der Waals surface area contributed by atoms with E-state index in [4.69, 9.17) is 4.74 Å². The van der Waals surface area contributed by atoms with Gasteiger partial charge in [0.2, 0.25) is 0 Å². The van der Waals surface area contributed by atoms with Crippen LogP contribution in [-0.2, 0) is 11.3 Å². The van der Waals surface area contributed by atoms with Crippen LogP contribution in [0.1, 0.15) is 29.6 Å². The molecule has 1 saturated heterocycles. The maximum Gasteiger partial charge on any atom is 0.251 e. The first-order valence-electron chi connectivity index (χ1n) is 10.0. The van der Waals surface area contributed by atoms with E-state index in [2.05, 4.69) is 25.6 Å². The SMILES string of the molecule is O=C(N[C@H]1CC[C@H](CCn2cc(-c3ccccn3)nn2)O[C@@H]1CO)c1ccncc1. The Balaban J connectivity index is 1.29. The quantitative estimate of drug-likeness (QED) is 0.608. The van der Waals surface area contributed by atoms with Gasteiger partial charge in [-0.2, -0.15) is 0 Å². The van der Waals surface area contributed by atoms with Crippen molar-refractivity contribution in [3.63, 3.8) is 0 Å². The van der Waals surface area contributed by atoms with E-state index in [0.29, 0.717) is 12.1 Å². The number of nitrogens with one attached hydrogen (secondary N) is 1. The van der Waals surface area contributed by atoms with Crippen molar-refractivity contribution in [3.8, 4) is 11.4 Å². The van der Waals surface area contributed by atoms with Gasteiger partial charge < -0.3 is 15.2 Å². The van der Waals surface area contributed by atoms with Gasteiger partial charge in [0.05, 0.1) is 30.6 Å². The molecule has 0 unspecified atom stereocenters. The lowest BCUT2D eigenvalue weighted by Crippen LogP contribution is -2.51. The number of aromatic nitrogens is 5. The van der Waals surface area contributed by atoms with Crippen LogP contribution in [0.2, 0.25) is 0 Å². The summed E-state index contributed by atoms with van der Waals surface area (Å²) < 4.78 is 7.82. The van der Waals surface area contributed by atoms with E-state index in [1.165, 1.54) is 0 Å². The van der Waals surface area contributed by atoms with E-state index >= 15 is 0 Å². The molecule has 3 aromatic heterocycles. The Morgan fingerprint density at radius 1 is 1.17 bits per heavy atom. The van der Waals surface area contributed by atoms with Crippen molar-refractivity contribution >= 4 is 5.91 Å². The molecule has 2 N–H and O–H groups in total. The number of carbonyl (C=O) groups excluding carboxylic acids is 1. The minimum Gasteiger partial charge on any atom is -0.394 e. The molecule has 0 spiro atoms. The molecule has 0 bridgehead atoms. The minimum atomic E-state index is -0.436. The van der Waals surface area contributed by atoms with Gasteiger partial charge in [0.1, 0.15) is 11.8 Å². The van der Waals surface area contributed by atoms with Crippen molar-refractivity contribution in [2.75, 3.05) is 6.61 Å². The minimum absolute atomic E-state index is 0.0151. The van der Waals surface area contributed by atoms with Crippen LogP contribution < -0.4 is 5.32 Å². The highest BCUT2D eigenvalue weighted by Gasteiger charge is 2.32. The van der Waals surface area contributed by atoms with Gasteiger partial charge >= 0.3 is 0 Å². The number of carbonyl (C=O) groups is 1. The highest BCUT2D eigenvalue weighted by molar-refractivity contribution is 5.94. The Hall–Kier alpha value is -3.17. The molecule has 4 rings (SSSR count). The largest absolute Gasteiger partial charge is 0.394 e.